The molecule has 0 aliphatic rings. The number of unbranched alkanes of at least 4 members (excludes halogenated alkanes) is 2. The molecule has 0 aliphatic carbocycles. The summed E-state index contributed by atoms with van der Waals surface area (Å²) in [7, 11) is 0. The van der Waals surface area contributed by atoms with E-state index < -0.39 is 0 Å². The fraction of sp³-hybridized carbons (Fsp3) is 0.800. The Balaban J connectivity index is -0.00000000800. The summed E-state index contributed by atoms with van der Waals surface area (Å²) in [5, 5.41) is 0. The molecule has 0 saturated carbocycles. The first kappa shape index (κ1) is 36.1. The summed E-state index contributed by atoms with van der Waals surface area (Å²) in [5.74, 6) is 0. The minimum Gasteiger partial charge on any atom is -0.343 e. The third-order valence-corrected chi connectivity index (χ3v) is 0.604. The average molecular weight is 516 g/mol. The fourth-order valence-electron chi connectivity index (χ4n) is 0.250. The van der Waals surface area contributed by atoms with Crippen LogP contribution in [-0.2, 0) is 164 Å². The quantitative estimate of drug-likeness (QED) is 0.494. The maximum Gasteiger partial charge on any atom is 0 e. The topological polar surface area (TPSA) is 0 Å². The summed E-state index contributed by atoms with van der Waals surface area (Å²) in [4.78, 5) is 0. The van der Waals surface area contributed by atoms with Crippen LogP contribution in [0.4, 0.5) is 0 Å². The molecule has 0 fully saturated rings. The van der Waals surface area contributed by atoms with Gasteiger partial charge < -0.3 is 6.92 Å². The molecule has 0 atom stereocenters. The maximum atomic E-state index is 3.68. The summed E-state index contributed by atoms with van der Waals surface area (Å²) in [5.41, 5.74) is 0. The molecule has 10 heavy (non-hydrogen) atoms. The Morgan fingerprint density at radius 2 is 1.20 bits per heavy atom. The molecule has 5 radical (unpaired) electrons. The van der Waals surface area contributed by atoms with Gasteiger partial charge >= 0.3 is 0 Å². The first-order chi connectivity index (χ1) is 2.41. The standard InChI is InChI=1S/C5H11.5Y/c1-3-5-4-2;;;;;/h1,3-5H2,2H3;;;;;/q-1;;;;;. The van der Waals surface area contributed by atoms with Crippen molar-refractivity contribution in [1.82, 2.24) is 0 Å². The van der Waals surface area contributed by atoms with Crippen LogP contribution < -0.4 is 0 Å². The van der Waals surface area contributed by atoms with Crippen LogP contribution in [0.25, 0.3) is 0 Å². The molecule has 0 rings (SSSR count). The normalized spacial score (nSPS) is 4.20. The Kier molecular flexibility index (Phi) is 132. The summed E-state index contributed by atoms with van der Waals surface area (Å²) in [6, 6.07) is 0. The van der Waals surface area contributed by atoms with Crippen LogP contribution in [0.1, 0.15) is 26.2 Å². The van der Waals surface area contributed by atoms with Crippen LogP contribution in [0.15, 0.2) is 0 Å². The van der Waals surface area contributed by atoms with Gasteiger partial charge in [0.05, 0.1) is 0 Å². The molecule has 0 bridgehead atoms. The van der Waals surface area contributed by atoms with Gasteiger partial charge in [0.15, 0.2) is 0 Å². The summed E-state index contributed by atoms with van der Waals surface area (Å²) >= 11 is 0. The summed E-state index contributed by atoms with van der Waals surface area (Å²) in [6.45, 7) is 5.85. The molecule has 0 aromatic rings. The molecular formula is C5H11Y5-. The van der Waals surface area contributed by atoms with Gasteiger partial charge in [-0.25, -0.2) is 0 Å². The Labute approximate surface area is 191 Å². The van der Waals surface area contributed by atoms with Gasteiger partial charge in [-0.3, -0.25) is 0 Å². The second kappa shape index (κ2) is 36.6. The van der Waals surface area contributed by atoms with E-state index in [4.69, 9.17) is 0 Å². The van der Waals surface area contributed by atoms with Crippen molar-refractivity contribution in [3.05, 3.63) is 6.92 Å². The Hall–Kier alpha value is 5.52. The number of hydrogen-bond donors (Lipinski definition) is 0. The van der Waals surface area contributed by atoms with Gasteiger partial charge in [-0.05, 0) is 0 Å². The van der Waals surface area contributed by atoms with Crippen molar-refractivity contribution in [2.45, 2.75) is 26.2 Å². The largest absolute Gasteiger partial charge is 0.343 e. The maximum absolute atomic E-state index is 3.68. The second-order valence-electron chi connectivity index (χ2n) is 1.21. The molecule has 0 amide bonds. The Morgan fingerprint density at radius 1 is 0.900 bits per heavy atom. The van der Waals surface area contributed by atoms with E-state index in [0.29, 0.717) is 0 Å². The van der Waals surface area contributed by atoms with E-state index in [1.165, 1.54) is 12.8 Å². The minimum atomic E-state index is 0. The van der Waals surface area contributed by atoms with E-state index >= 15 is 0 Å². The SMILES string of the molecule is [CH2-]CCCC.[Y].[Y].[Y].[Y].[Y]. The number of rotatable bonds is 2. The predicted molar refractivity (Wildman–Crippen MR) is 24.9 cm³/mol. The monoisotopic (exact) mass is 516 g/mol. The van der Waals surface area contributed by atoms with Crippen LogP contribution in [0.3, 0.4) is 0 Å². The van der Waals surface area contributed by atoms with E-state index in [2.05, 4.69) is 13.8 Å². The fourth-order valence-corrected chi connectivity index (χ4v) is 0.250. The van der Waals surface area contributed by atoms with Crippen LogP contribution in [0, 0.1) is 6.92 Å². The van der Waals surface area contributed by atoms with Crippen molar-refractivity contribution in [1.29, 1.82) is 0 Å². The van der Waals surface area contributed by atoms with Crippen LogP contribution in [0.5, 0.6) is 0 Å². The second-order valence-corrected chi connectivity index (χ2v) is 1.21. The zero-order valence-electron chi connectivity index (χ0n) is 6.72. The molecule has 5 heteroatoms. The Morgan fingerprint density at radius 3 is 1.20 bits per heavy atom. The van der Waals surface area contributed by atoms with Crippen LogP contribution in [0.2, 0.25) is 0 Å². The van der Waals surface area contributed by atoms with Gasteiger partial charge in [-0.15, -0.1) is 0 Å². The third-order valence-electron chi connectivity index (χ3n) is 0.604. The number of hydrogen-bond acceptors (Lipinski definition) is 0. The van der Waals surface area contributed by atoms with Crippen molar-refractivity contribution < 1.29 is 164 Å². The average Bonchev–Trinajstić information content (AvgIpc) is 1.41. The summed E-state index contributed by atoms with van der Waals surface area (Å²) in [6.07, 6.45) is 3.65. The first-order valence-corrected chi connectivity index (χ1v) is 2.21. The molecule has 0 aliphatic heterocycles. The smallest absolute Gasteiger partial charge is 0 e. The van der Waals surface area contributed by atoms with E-state index in [1.807, 2.05) is 0 Å². The van der Waals surface area contributed by atoms with Gasteiger partial charge in [0.1, 0.15) is 0 Å². The van der Waals surface area contributed by atoms with Crippen molar-refractivity contribution in [3.63, 3.8) is 0 Å². The van der Waals surface area contributed by atoms with Gasteiger partial charge in [0.25, 0.3) is 0 Å². The zero-order valence-corrected chi connectivity index (χ0v) is 20.9. The molecule has 0 unspecified atom stereocenters. The van der Waals surface area contributed by atoms with Crippen molar-refractivity contribution >= 4 is 0 Å². The summed E-state index contributed by atoms with van der Waals surface area (Å²) < 4.78 is 0. The third kappa shape index (κ3) is 37.5. The molecule has 0 saturated heterocycles. The molecule has 0 spiro atoms. The molecule has 0 nitrogen and oxygen atoms in total. The van der Waals surface area contributed by atoms with Crippen LogP contribution >= 0.6 is 0 Å². The van der Waals surface area contributed by atoms with Crippen molar-refractivity contribution in [2.24, 2.45) is 0 Å². The first-order valence-electron chi connectivity index (χ1n) is 2.21. The molecule has 0 aromatic carbocycles. The molecule has 0 heterocycles. The van der Waals surface area contributed by atoms with Crippen molar-refractivity contribution in [2.75, 3.05) is 0 Å². The zero-order chi connectivity index (χ0) is 4.12. The van der Waals surface area contributed by atoms with E-state index in [1.54, 1.807) is 0 Å². The Bertz CT molecular complexity index is 17.5. The van der Waals surface area contributed by atoms with E-state index in [-0.39, 0.29) is 164 Å². The van der Waals surface area contributed by atoms with Gasteiger partial charge in [0.2, 0.25) is 0 Å². The molecule has 47 valence electrons. The van der Waals surface area contributed by atoms with Crippen molar-refractivity contribution in [3.8, 4) is 0 Å². The molecule has 0 N–H and O–H groups in total. The van der Waals surface area contributed by atoms with Crippen LogP contribution in [-0.4, -0.2) is 0 Å². The van der Waals surface area contributed by atoms with Gasteiger partial charge in [0, 0.05) is 164 Å². The molecular weight excluding hydrogens is 505 g/mol. The minimum absolute atomic E-state index is 0. The van der Waals surface area contributed by atoms with Gasteiger partial charge in [-0.2, -0.15) is 6.42 Å². The predicted octanol–water partition coefficient (Wildman–Crippen LogP) is 2.00. The van der Waals surface area contributed by atoms with E-state index in [0.717, 1.165) is 6.42 Å². The molecule has 0 aromatic heterocycles. The van der Waals surface area contributed by atoms with Gasteiger partial charge in [-0.1, -0.05) is 19.8 Å². The van der Waals surface area contributed by atoms with E-state index in [9.17, 15) is 0 Å².